The molecule has 12 heteroatoms. The highest BCUT2D eigenvalue weighted by Crippen LogP contribution is 2.33. The fraction of sp³-hybridized carbons (Fsp3) is 0.316. The molecule has 0 aromatic heterocycles. The number of hydrogen-bond acceptors (Lipinski definition) is 5. The average Bonchev–Trinajstić information content (AvgIpc) is 2.72. The van der Waals surface area contributed by atoms with Crippen LogP contribution in [0.25, 0.3) is 0 Å². The van der Waals surface area contributed by atoms with Crippen LogP contribution in [0.5, 0.6) is 0 Å². The van der Waals surface area contributed by atoms with Gasteiger partial charge in [-0.2, -0.15) is 17.5 Å². The van der Waals surface area contributed by atoms with E-state index in [1.807, 2.05) is 0 Å². The second kappa shape index (κ2) is 9.33. The highest BCUT2D eigenvalue weighted by Gasteiger charge is 2.34. The maximum Gasteiger partial charge on any atom is 0.416 e. The van der Waals surface area contributed by atoms with Crippen molar-refractivity contribution in [2.24, 2.45) is 0 Å². The fourth-order valence-electron chi connectivity index (χ4n) is 2.95. The minimum Gasteiger partial charge on any atom is -0.457 e. The van der Waals surface area contributed by atoms with Gasteiger partial charge < -0.3 is 9.47 Å². The topological polar surface area (TPSA) is 72.9 Å². The molecule has 0 bridgehead atoms. The molecular weight excluding hydrogens is 482 g/mol. The number of alkyl halides is 3. The Hall–Kier alpha value is -1.85. The maximum absolute atomic E-state index is 13.1. The van der Waals surface area contributed by atoms with Gasteiger partial charge in [-0.3, -0.25) is 0 Å². The van der Waals surface area contributed by atoms with E-state index in [0.29, 0.717) is 0 Å². The smallest absolute Gasteiger partial charge is 0.416 e. The molecule has 0 aliphatic carbocycles. The molecule has 0 amide bonds. The average molecular weight is 498 g/mol. The first-order valence-corrected chi connectivity index (χ1v) is 11.1. The number of carbonyl (C=O) groups is 1. The summed E-state index contributed by atoms with van der Waals surface area (Å²) in [6.07, 6.45) is -4.62. The van der Waals surface area contributed by atoms with Crippen molar-refractivity contribution in [3.8, 4) is 0 Å². The van der Waals surface area contributed by atoms with Crippen LogP contribution in [-0.4, -0.2) is 45.0 Å². The first kappa shape index (κ1) is 23.8. The number of halogens is 5. The van der Waals surface area contributed by atoms with Crippen LogP contribution in [0.2, 0.25) is 10.0 Å². The SMILES string of the molecule is O=C(OCc1ccccc1C(F)(F)F)c1cc(S(=O)(=O)N2CCOCC2)c(Cl)cc1Cl. The summed E-state index contributed by atoms with van der Waals surface area (Å²) in [5.41, 5.74) is -1.53. The lowest BCUT2D eigenvalue weighted by atomic mass is 10.1. The molecule has 0 atom stereocenters. The molecule has 31 heavy (non-hydrogen) atoms. The monoisotopic (exact) mass is 497 g/mol. The van der Waals surface area contributed by atoms with E-state index >= 15 is 0 Å². The number of ether oxygens (including phenoxy) is 2. The molecule has 1 aliphatic heterocycles. The van der Waals surface area contributed by atoms with E-state index < -0.39 is 34.3 Å². The Labute approximate surface area is 186 Å². The Balaban J connectivity index is 1.87. The number of hydrogen-bond donors (Lipinski definition) is 0. The Bertz CT molecular complexity index is 1090. The van der Waals surface area contributed by atoms with Gasteiger partial charge in [0.1, 0.15) is 11.5 Å². The summed E-state index contributed by atoms with van der Waals surface area (Å²) in [7, 11) is -4.05. The second-order valence-corrected chi connectivity index (χ2v) is 9.23. The van der Waals surface area contributed by atoms with Crippen LogP contribution in [0, 0.1) is 0 Å². The molecule has 0 spiro atoms. The quantitative estimate of drug-likeness (QED) is 0.572. The molecular formula is C19H16Cl2F3NO5S. The van der Waals surface area contributed by atoms with E-state index in [4.69, 9.17) is 32.7 Å². The zero-order chi connectivity index (χ0) is 22.8. The summed E-state index contributed by atoms with van der Waals surface area (Å²) in [6, 6.07) is 6.68. The van der Waals surface area contributed by atoms with Crippen LogP contribution in [0.4, 0.5) is 13.2 Å². The highest BCUT2D eigenvalue weighted by atomic mass is 35.5. The predicted octanol–water partition coefficient (Wildman–Crippen LogP) is 4.39. The third kappa shape index (κ3) is 5.32. The molecule has 0 saturated carbocycles. The fourth-order valence-corrected chi connectivity index (χ4v) is 5.19. The van der Waals surface area contributed by atoms with Crippen molar-refractivity contribution in [2.75, 3.05) is 26.3 Å². The number of carbonyl (C=O) groups excluding carboxylic acids is 1. The van der Waals surface area contributed by atoms with E-state index in [1.54, 1.807) is 0 Å². The Morgan fingerprint density at radius 3 is 2.39 bits per heavy atom. The van der Waals surface area contributed by atoms with Gasteiger partial charge in [0, 0.05) is 18.7 Å². The van der Waals surface area contributed by atoms with E-state index in [1.165, 1.54) is 18.2 Å². The van der Waals surface area contributed by atoms with Gasteiger partial charge in [0.15, 0.2) is 0 Å². The van der Waals surface area contributed by atoms with Crippen LogP contribution in [0.15, 0.2) is 41.3 Å². The molecule has 0 radical (unpaired) electrons. The van der Waals surface area contributed by atoms with Crippen LogP contribution in [0.3, 0.4) is 0 Å². The molecule has 2 aromatic carbocycles. The van der Waals surface area contributed by atoms with E-state index in [-0.39, 0.29) is 52.4 Å². The number of benzene rings is 2. The molecule has 1 heterocycles. The third-order valence-electron chi connectivity index (χ3n) is 4.51. The Kier molecular flexibility index (Phi) is 7.17. The largest absolute Gasteiger partial charge is 0.457 e. The number of nitrogens with zero attached hydrogens (tertiary/aromatic N) is 1. The molecule has 0 unspecified atom stereocenters. The minimum atomic E-state index is -4.62. The lowest BCUT2D eigenvalue weighted by molar-refractivity contribution is -0.138. The number of morpholine rings is 1. The highest BCUT2D eigenvalue weighted by molar-refractivity contribution is 7.89. The van der Waals surface area contributed by atoms with Gasteiger partial charge in [-0.1, -0.05) is 41.4 Å². The van der Waals surface area contributed by atoms with Gasteiger partial charge in [-0.15, -0.1) is 0 Å². The minimum absolute atomic E-state index is 0.106. The van der Waals surface area contributed by atoms with Crippen molar-refractivity contribution in [1.82, 2.24) is 4.31 Å². The van der Waals surface area contributed by atoms with Crippen LogP contribution >= 0.6 is 23.2 Å². The van der Waals surface area contributed by atoms with Gasteiger partial charge in [0.2, 0.25) is 10.0 Å². The lowest BCUT2D eigenvalue weighted by Gasteiger charge is -2.26. The molecule has 168 valence electrons. The van der Waals surface area contributed by atoms with E-state index in [9.17, 15) is 26.4 Å². The van der Waals surface area contributed by atoms with Gasteiger partial charge in [0.25, 0.3) is 0 Å². The van der Waals surface area contributed by atoms with Crippen molar-refractivity contribution in [2.45, 2.75) is 17.7 Å². The first-order valence-electron chi connectivity index (χ1n) is 8.91. The molecule has 3 rings (SSSR count). The van der Waals surface area contributed by atoms with Crippen LogP contribution < -0.4 is 0 Å². The standard InChI is InChI=1S/C19H16Cl2F3NO5S/c20-15-10-16(21)17(31(27,28)25-5-7-29-8-6-25)9-13(15)18(26)30-11-12-3-1-2-4-14(12)19(22,23)24/h1-4,9-10H,5-8,11H2. The molecule has 6 nitrogen and oxygen atoms in total. The van der Waals surface area contributed by atoms with Crippen LogP contribution in [-0.2, 0) is 32.3 Å². The van der Waals surface area contributed by atoms with Gasteiger partial charge >= 0.3 is 12.1 Å². The predicted molar refractivity (Wildman–Crippen MR) is 107 cm³/mol. The molecule has 1 aliphatic rings. The van der Waals surface area contributed by atoms with Crippen molar-refractivity contribution in [3.63, 3.8) is 0 Å². The summed E-state index contributed by atoms with van der Waals surface area (Å²) in [6.45, 7) is -0.0560. The Morgan fingerprint density at radius 1 is 1.10 bits per heavy atom. The maximum atomic E-state index is 13.1. The number of esters is 1. The van der Waals surface area contributed by atoms with Gasteiger partial charge in [-0.25, -0.2) is 13.2 Å². The molecule has 2 aromatic rings. The van der Waals surface area contributed by atoms with E-state index in [0.717, 1.165) is 22.5 Å². The van der Waals surface area contributed by atoms with Gasteiger partial charge in [-0.05, 0) is 18.2 Å². The Morgan fingerprint density at radius 2 is 1.74 bits per heavy atom. The molecule has 1 saturated heterocycles. The second-order valence-electron chi connectivity index (χ2n) is 6.51. The third-order valence-corrected chi connectivity index (χ3v) is 7.19. The van der Waals surface area contributed by atoms with Crippen LogP contribution in [0.1, 0.15) is 21.5 Å². The molecule has 0 N–H and O–H groups in total. The van der Waals surface area contributed by atoms with Crippen molar-refractivity contribution < 1.29 is 35.9 Å². The van der Waals surface area contributed by atoms with Gasteiger partial charge in [0.05, 0.1) is 34.4 Å². The first-order chi connectivity index (χ1) is 14.5. The normalized spacial score (nSPS) is 15.6. The lowest BCUT2D eigenvalue weighted by Crippen LogP contribution is -2.40. The zero-order valence-electron chi connectivity index (χ0n) is 15.8. The summed E-state index contributed by atoms with van der Waals surface area (Å²) in [4.78, 5) is 12.1. The summed E-state index contributed by atoms with van der Waals surface area (Å²) in [5, 5.41) is -0.393. The van der Waals surface area contributed by atoms with Crippen molar-refractivity contribution in [3.05, 3.63) is 63.1 Å². The molecule has 1 fully saturated rings. The zero-order valence-corrected chi connectivity index (χ0v) is 18.1. The van der Waals surface area contributed by atoms with Crippen molar-refractivity contribution in [1.29, 1.82) is 0 Å². The number of rotatable bonds is 5. The summed E-state index contributed by atoms with van der Waals surface area (Å²) in [5.74, 6) is -1.09. The van der Waals surface area contributed by atoms with E-state index in [2.05, 4.69) is 0 Å². The summed E-state index contributed by atoms with van der Waals surface area (Å²) >= 11 is 12.1. The summed E-state index contributed by atoms with van der Waals surface area (Å²) < 4.78 is 76.4. The number of sulfonamides is 1. The van der Waals surface area contributed by atoms with Crippen molar-refractivity contribution >= 4 is 39.2 Å².